The molecule has 0 bridgehead atoms. The number of nitrogens with one attached hydrogen (secondary N) is 1. The molecule has 4 heteroatoms. The van der Waals surface area contributed by atoms with Gasteiger partial charge in [0.2, 0.25) is 0 Å². The van der Waals surface area contributed by atoms with Gasteiger partial charge in [0.15, 0.2) is 0 Å². The van der Waals surface area contributed by atoms with Crippen LogP contribution in [0.2, 0.25) is 0 Å². The maximum absolute atomic E-state index is 13.2. The molecule has 2 aromatic rings. The predicted molar refractivity (Wildman–Crippen MR) is 77.2 cm³/mol. The molecule has 0 saturated carbocycles. The van der Waals surface area contributed by atoms with Gasteiger partial charge in [-0.15, -0.1) is 0 Å². The molecule has 1 N–H and O–H groups in total. The third-order valence-corrected chi connectivity index (χ3v) is 3.99. The summed E-state index contributed by atoms with van der Waals surface area (Å²) < 4.78 is 15.4. The van der Waals surface area contributed by atoms with Crippen LogP contribution in [0.25, 0.3) is 0 Å². The van der Waals surface area contributed by atoms with Crippen molar-refractivity contribution >= 4 is 0 Å². The third kappa shape index (κ3) is 3.07. The zero-order valence-corrected chi connectivity index (χ0v) is 11.6. The van der Waals surface area contributed by atoms with Crippen LogP contribution in [0.3, 0.4) is 0 Å². The first-order chi connectivity index (χ1) is 9.83. The summed E-state index contributed by atoms with van der Waals surface area (Å²) in [7, 11) is 0. The van der Waals surface area contributed by atoms with Gasteiger partial charge in [0, 0.05) is 30.9 Å². The second-order valence-corrected chi connectivity index (χ2v) is 5.44. The Morgan fingerprint density at radius 2 is 2.35 bits per heavy atom. The van der Waals surface area contributed by atoms with Gasteiger partial charge in [-0.05, 0) is 43.5 Å². The number of hydrogen-bond acceptors (Lipinski definition) is 2. The molecule has 0 spiro atoms. The molecule has 0 radical (unpaired) electrons. The minimum Gasteiger partial charge on any atom is -0.334 e. The normalized spacial score (nSPS) is 19.1. The van der Waals surface area contributed by atoms with Crippen LogP contribution in [-0.4, -0.2) is 22.6 Å². The lowest BCUT2D eigenvalue weighted by atomic mass is 9.96. The highest BCUT2D eigenvalue weighted by Gasteiger charge is 2.18. The Labute approximate surface area is 118 Å². The molecule has 1 unspecified atom stereocenters. The molecule has 106 valence electrons. The van der Waals surface area contributed by atoms with E-state index in [1.807, 2.05) is 18.6 Å². The van der Waals surface area contributed by atoms with Gasteiger partial charge in [-0.1, -0.05) is 12.1 Å². The van der Waals surface area contributed by atoms with E-state index in [4.69, 9.17) is 0 Å². The SMILES string of the molecule is Fc1cccc(CCn2cncc2C2CCCNC2)c1. The quantitative estimate of drug-likeness (QED) is 0.928. The van der Waals surface area contributed by atoms with Crippen LogP contribution >= 0.6 is 0 Å². The zero-order chi connectivity index (χ0) is 13.8. The van der Waals surface area contributed by atoms with Gasteiger partial charge in [-0.2, -0.15) is 0 Å². The maximum atomic E-state index is 13.2. The first kappa shape index (κ1) is 13.3. The average molecular weight is 273 g/mol. The summed E-state index contributed by atoms with van der Waals surface area (Å²) in [5.74, 6) is 0.392. The molecular formula is C16H20FN3. The first-order valence-corrected chi connectivity index (χ1v) is 7.28. The van der Waals surface area contributed by atoms with Gasteiger partial charge in [-0.25, -0.2) is 9.37 Å². The van der Waals surface area contributed by atoms with Gasteiger partial charge in [0.05, 0.1) is 6.33 Å². The number of aryl methyl sites for hydroxylation is 2. The highest BCUT2D eigenvalue weighted by Crippen LogP contribution is 2.23. The summed E-state index contributed by atoms with van der Waals surface area (Å²) in [4.78, 5) is 4.29. The van der Waals surface area contributed by atoms with Crippen LogP contribution in [0.4, 0.5) is 4.39 Å². The minimum atomic E-state index is -0.162. The molecule has 1 aromatic heterocycles. The lowest BCUT2D eigenvalue weighted by Crippen LogP contribution is -2.29. The van der Waals surface area contributed by atoms with E-state index in [0.29, 0.717) is 5.92 Å². The number of halogens is 1. The Morgan fingerprint density at radius 1 is 1.40 bits per heavy atom. The van der Waals surface area contributed by atoms with Crippen molar-refractivity contribution in [2.45, 2.75) is 31.7 Å². The third-order valence-electron chi connectivity index (χ3n) is 3.99. The van der Waals surface area contributed by atoms with E-state index in [0.717, 1.165) is 31.6 Å². The highest BCUT2D eigenvalue weighted by molar-refractivity contribution is 5.17. The van der Waals surface area contributed by atoms with Crippen LogP contribution in [-0.2, 0) is 13.0 Å². The van der Waals surface area contributed by atoms with Gasteiger partial charge >= 0.3 is 0 Å². The van der Waals surface area contributed by atoms with E-state index in [1.165, 1.54) is 24.6 Å². The minimum absolute atomic E-state index is 0.162. The summed E-state index contributed by atoms with van der Waals surface area (Å²) >= 11 is 0. The second-order valence-electron chi connectivity index (χ2n) is 5.44. The number of nitrogens with zero attached hydrogens (tertiary/aromatic N) is 2. The number of benzene rings is 1. The van der Waals surface area contributed by atoms with Crippen LogP contribution in [0.15, 0.2) is 36.8 Å². The van der Waals surface area contributed by atoms with Crippen molar-refractivity contribution in [2.24, 2.45) is 0 Å². The van der Waals surface area contributed by atoms with Crippen LogP contribution in [0.1, 0.15) is 30.0 Å². The van der Waals surface area contributed by atoms with Crippen LogP contribution in [0.5, 0.6) is 0 Å². The number of imidazole rings is 1. The molecule has 1 fully saturated rings. The molecule has 3 rings (SSSR count). The van der Waals surface area contributed by atoms with Gasteiger partial charge in [0.25, 0.3) is 0 Å². The Kier molecular flexibility index (Phi) is 4.11. The van der Waals surface area contributed by atoms with Crippen molar-refractivity contribution in [3.63, 3.8) is 0 Å². The maximum Gasteiger partial charge on any atom is 0.123 e. The molecule has 1 aliphatic heterocycles. The van der Waals surface area contributed by atoms with Crippen molar-refractivity contribution in [2.75, 3.05) is 13.1 Å². The van der Waals surface area contributed by atoms with E-state index < -0.39 is 0 Å². The predicted octanol–water partition coefficient (Wildman–Crippen LogP) is 2.73. The molecule has 0 aliphatic carbocycles. The number of aromatic nitrogens is 2. The van der Waals surface area contributed by atoms with Crippen LogP contribution < -0.4 is 5.32 Å². The molecule has 20 heavy (non-hydrogen) atoms. The summed E-state index contributed by atoms with van der Waals surface area (Å²) in [6.07, 6.45) is 7.14. The Balaban J connectivity index is 1.67. The summed E-state index contributed by atoms with van der Waals surface area (Å²) in [6, 6.07) is 6.84. The van der Waals surface area contributed by atoms with Crippen molar-refractivity contribution in [1.82, 2.24) is 14.9 Å². The molecular weight excluding hydrogens is 253 g/mol. The van der Waals surface area contributed by atoms with E-state index in [-0.39, 0.29) is 5.82 Å². The molecule has 1 aromatic carbocycles. The largest absolute Gasteiger partial charge is 0.334 e. The zero-order valence-electron chi connectivity index (χ0n) is 11.6. The average Bonchev–Trinajstić information content (AvgIpc) is 2.95. The number of piperidine rings is 1. The van der Waals surface area contributed by atoms with Gasteiger partial charge in [0.1, 0.15) is 5.82 Å². The van der Waals surface area contributed by atoms with Crippen LogP contribution in [0, 0.1) is 5.82 Å². The van der Waals surface area contributed by atoms with Gasteiger partial charge in [-0.3, -0.25) is 0 Å². The van der Waals surface area contributed by atoms with Crippen molar-refractivity contribution in [3.05, 3.63) is 53.9 Å². The Bertz CT molecular complexity index is 558. The summed E-state index contributed by atoms with van der Waals surface area (Å²) in [5.41, 5.74) is 2.33. The number of hydrogen-bond donors (Lipinski definition) is 1. The van der Waals surface area contributed by atoms with Gasteiger partial charge < -0.3 is 9.88 Å². The van der Waals surface area contributed by atoms with Crippen molar-refractivity contribution in [3.8, 4) is 0 Å². The standard InChI is InChI=1S/C16H20FN3/c17-15-5-1-3-13(9-15)6-8-20-12-19-11-16(20)14-4-2-7-18-10-14/h1,3,5,9,11-12,14,18H,2,4,6-8,10H2. The lowest BCUT2D eigenvalue weighted by Gasteiger charge is -2.23. The fourth-order valence-electron chi connectivity index (χ4n) is 2.90. The summed E-state index contributed by atoms with van der Waals surface area (Å²) in [6.45, 7) is 3.01. The molecule has 0 amide bonds. The topological polar surface area (TPSA) is 29.9 Å². The fraction of sp³-hybridized carbons (Fsp3) is 0.438. The lowest BCUT2D eigenvalue weighted by molar-refractivity contribution is 0.440. The fourth-order valence-corrected chi connectivity index (χ4v) is 2.90. The first-order valence-electron chi connectivity index (χ1n) is 7.28. The highest BCUT2D eigenvalue weighted by atomic mass is 19.1. The smallest absolute Gasteiger partial charge is 0.123 e. The van der Waals surface area contributed by atoms with E-state index in [2.05, 4.69) is 14.9 Å². The second kappa shape index (κ2) is 6.18. The Morgan fingerprint density at radius 3 is 3.15 bits per heavy atom. The molecule has 1 atom stereocenters. The van der Waals surface area contributed by atoms with Crippen molar-refractivity contribution < 1.29 is 4.39 Å². The van der Waals surface area contributed by atoms with E-state index >= 15 is 0 Å². The molecule has 2 heterocycles. The van der Waals surface area contributed by atoms with E-state index in [9.17, 15) is 4.39 Å². The van der Waals surface area contributed by atoms with E-state index in [1.54, 1.807) is 12.1 Å². The summed E-state index contributed by atoms with van der Waals surface area (Å²) in [5, 5.41) is 3.44. The van der Waals surface area contributed by atoms with Crippen molar-refractivity contribution in [1.29, 1.82) is 0 Å². The molecule has 3 nitrogen and oxygen atoms in total. The Hall–Kier alpha value is -1.68. The number of rotatable bonds is 4. The molecule has 1 aliphatic rings. The monoisotopic (exact) mass is 273 g/mol. The molecule has 1 saturated heterocycles.